The largest absolute Gasteiger partial charge is 0.480 e. The summed E-state index contributed by atoms with van der Waals surface area (Å²) < 4.78 is 24.3. The van der Waals surface area contributed by atoms with E-state index in [1.165, 1.54) is 0 Å². The number of carbonyl (C=O) groups is 1. The normalized spacial score (nSPS) is 13.9. The van der Waals surface area contributed by atoms with Crippen molar-refractivity contribution in [1.29, 1.82) is 0 Å². The van der Waals surface area contributed by atoms with Crippen LogP contribution in [0.1, 0.15) is 19.8 Å². The Morgan fingerprint density at radius 2 is 2.07 bits per heavy atom. The van der Waals surface area contributed by atoms with Gasteiger partial charge in [0.05, 0.1) is 12.4 Å². The van der Waals surface area contributed by atoms with Crippen molar-refractivity contribution in [3.05, 3.63) is 0 Å². The van der Waals surface area contributed by atoms with Crippen molar-refractivity contribution in [2.24, 2.45) is 0 Å². The molecule has 0 saturated carbocycles. The second kappa shape index (κ2) is 5.94. The van der Waals surface area contributed by atoms with E-state index in [-0.39, 0.29) is 5.75 Å². The standard InChI is InChI=1S/C7H15NO5S/c1-2-3-4-14(12,13)8-6(5-9)7(10)11/h6,8-9H,2-5H2,1H3,(H,10,11)/t6-/m1/s1. The van der Waals surface area contributed by atoms with Gasteiger partial charge in [-0.25, -0.2) is 8.42 Å². The Labute approximate surface area is 83.0 Å². The summed E-state index contributed by atoms with van der Waals surface area (Å²) in [4.78, 5) is 10.4. The summed E-state index contributed by atoms with van der Waals surface area (Å²) >= 11 is 0. The number of aliphatic hydroxyl groups excluding tert-OH is 1. The maximum Gasteiger partial charge on any atom is 0.324 e. The lowest BCUT2D eigenvalue weighted by atomic mass is 10.3. The van der Waals surface area contributed by atoms with Crippen molar-refractivity contribution in [2.75, 3.05) is 12.4 Å². The van der Waals surface area contributed by atoms with Crippen LogP contribution in [-0.2, 0) is 14.8 Å². The molecule has 0 saturated heterocycles. The van der Waals surface area contributed by atoms with Gasteiger partial charge in [0.1, 0.15) is 6.04 Å². The van der Waals surface area contributed by atoms with E-state index in [4.69, 9.17) is 10.2 Å². The van der Waals surface area contributed by atoms with E-state index in [1.807, 2.05) is 11.6 Å². The number of hydrogen-bond donors (Lipinski definition) is 3. The zero-order valence-electron chi connectivity index (χ0n) is 7.93. The first-order valence-electron chi connectivity index (χ1n) is 4.26. The first kappa shape index (κ1) is 13.3. The van der Waals surface area contributed by atoms with E-state index in [0.717, 1.165) is 0 Å². The van der Waals surface area contributed by atoms with Crippen molar-refractivity contribution >= 4 is 16.0 Å². The minimum Gasteiger partial charge on any atom is -0.480 e. The maximum absolute atomic E-state index is 11.2. The summed E-state index contributed by atoms with van der Waals surface area (Å²) in [6.45, 7) is 1.08. The molecule has 0 aliphatic heterocycles. The predicted octanol–water partition coefficient (Wildman–Crippen LogP) is -0.849. The molecule has 0 unspecified atom stereocenters. The van der Waals surface area contributed by atoms with Crippen LogP contribution in [0, 0.1) is 0 Å². The Hall–Kier alpha value is -0.660. The molecule has 0 bridgehead atoms. The summed E-state index contributed by atoms with van der Waals surface area (Å²) in [6.07, 6.45) is 1.17. The van der Waals surface area contributed by atoms with E-state index in [2.05, 4.69) is 0 Å². The molecule has 3 N–H and O–H groups in total. The zero-order valence-corrected chi connectivity index (χ0v) is 8.75. The molecule has 0 radical (unpaired) electrons. The number of carboxylic acids is 1. The molecule has 0 amide bonds. The lowest BCUT2D eigenvalue weighted by Gasteiger charge is -2.11. The second-order valence-electron chi connectivity index (χ2n) is 2.86. The lowest BCUT2D eigenvalue weighted by Crippen LogP contribution is -2.44. The number of rotatable bonds is 7. The Balaban J connectivity index is 4.26. The van der Waals surface area contributed by atoms with Gasteiger partial charge in [0, 0.05) is 0 Å². The maximum atomic E-state index is 11.2. The highest BCUT2D eigenvalue weighted by Crippen LogP contribution is 1.95. The molecule has 0 heterocycles. The van der Waals surface area contributed by atoms with Gasteiger partial charge in [-0.2, -0.15) is 4.72 Å². The molecule has 0 aromatic heterocycles. The van der Waals surface area contributed by atoms with E-state index in [1.54, 1.807) is 0 Å². The zero-order chi connectivity index (χ0) is 11.2. The number of aliphatic hydroxyl groups is 1. The quantitative estimate of drug-likeness (QED) is 0.523. The average Bonchev–Trinajstić information content (AvgIpc) is 2.10. The Bertz CT molecular complexity index is 274. The van der Waals surface area contributed by atoms with Crippen LogP contribution in [0.3, 0.4) is 0 Å². The van der Waals surface area contributed by atoms with Gasteiger partial charge in [0.25, 0.3) is 0 Å². The van der Waals surface area contributed by atoms with Crippen LogP contribution in [0.5, 0.6) is 0 Å². The van der Waals surface area contributed by atoms with Crippen LogP contribution in [-0.4, -0.2) is 43.0 Å². The minimum absolute atomic E-state index is 0.118. The molecule has 0 aromatic carbocycles. The van der Waals surface area contributed by atoms with Gasteiger partial charge < -0.3 is 10.2 Å². The van der Waals surface area contributed by atoms with Gasteiger partial charge in [-0.1, -0.05) is 13.3 Å². The monoisotopic (exact) mass is 225 g/mol. The van der Waals surface area contributed by atoms with Gasteiger partial charge in [-0.15, -0.1) is 0 Å². The molecule has 6 nitrogen and oxygen atoms in total. The van der Waals surface area contributed by atoms with Crippen molar-refractivity contribution in [3.63, 3.8) is 0 Å². The van der Waals surface area contributed by atoms with Crippen LogP contribution in [0.25, 0.3) is 0 Å². The topological polar surface area (TPSA) is 104 Å². The summed E-state index contributed by atoms with van der Waals surface area (Å²) in [5.74, 6) is -1.50. The highest BCUT2D eigenvalue weighted by atomic mass is 32.2. The highest BCUT2D eigenvalue weighted by molar-refractivity contribution is 7.89. The Morgan fingerprint density at radius 1 is 1.50 bits per heavy atom. The van der Waals surface area contributed by atoms with Crippen LogP contribution in [0.4, 0.5) is 0 Å². The van der Waals surface area contributed by atoms with Gasteiger partial charge in [-0.3, -0.25) is 4.79 Å². The van der Waals surface area contributed by atoms with Gasteiger partial charge in [0.2, 0.25) is 10.0 Å². The molecule has 0 rings (SSSR count). The van der Waals surface area contributed by atoms with E-state index in [0.29, 0.717) is 12.8 Å². The number of aliphatic carboxylic acids is 1. The number of carboxylic acid groups (broad SMARTS) is 1. The first-order chi connectivity index (χ1) is 6.43. The fourth-order valence-corrected chi connectivity index (χ4v) is 2.17. The predicted molar refractivity (Wildman–Crippen MR) is 50.3 cm³/mol. The molecular weight excluding hydrogens is 210 g/mol. The molecular formula is C7H15NO5S. The summed E-state index contributed by atoms with van der Waals surface area (Å²) in [5.41, 5.74) is 0. The van der Waals surface area contributed by atoms with Crippen LogP contribution >= 0.6 is 0 Å². The summed E-state index contributed by atoms with van der Waals surface area (Å²) in [5, 5.41) is 17.1. The molecule has 0 spiro atoms. The molecule has 0 aliphatic carbocycles. The molecule has 0 aliphatic rings. The lowest BCUT2D eigenvalue weighted by molar-refractivity contribution is -0.139. The summed E-state index contributed by atoms with van der Waals surface area (Å²) in [6, 6.07) is -1.45. The molecule has 0 aromatic rings. The minimum atomic E-state index is -3.59. The van der Waals surface area contributed by atoms with Crippen molar-refractivity contribution in [1.82, 2.24) is 4.72 Å². The van der Waals surface area contributed by atoms with Gasteiger partial charge >= 0.3 is 5.97 Å². The Morgan fingerprint density at radius 3 is 2.43 bits per heavy atom. The number of hydrogen-bond acceptors (Lipinski definition) is 4. The average molecular weight is 225 g/mol. The second-order valence-corrected chi connectivity index (χ2v) is 4.74. The van der Waals surface area contributed by atoms with Crippen molar-refractivity contribution in [3.8, 4) is 0 Å². The van der Waals surface area contributed by atoms with Crippen LogP contribution in [0.15, 0.2) is 0 Å². The fraction of sp³-hybridized carbons (Fsp3) is 0.857. The number of sulfonamides is 1. The summed E-state index contributed by atoms with van der Waals surface area (Å²) in [7, 11) is -3.59. The third-order valence-corrected chi connectivity index (χ3v) is 3.04. The number of unbranched alkanes of at least 4 members (excludes halogenated alkanes) is 1. The SMILES string of the molecule is CCCCS(=O)(=O)N[C@H](CO)C(=O)O. The van der Waals surface area contributed by atoms with Crippen LogP contribution < -0.4 is 4.72 Å². The third kappa shape index (κ3) is 5.15. The van der Waals surface area contributed by atoms with Gasteiger partial charge in [-0.05, 0) is 6.42 Å². The molecule has 84 valence electrons. The molecule has 1 atom stereocenters. The fourth-order valence-electron chi connectivity index (χ4n) is 0.776. The number of nitrogens with one attached hydrogen (secondary N) is 1. The first-order valence-corrected chi connectivity index (χ1v) is 5.92. The van der Waals surface area contributed by atoms with E-state index < -0.39 is 28.6 Å². The third-order valence-electron chi connectivity index (χ3n) is 1.57. The van der Waals surface area contributed by atoms with E-state index >= 15 is 0 Å². The molecule has 14 heavy (non-hydrogen) atoms. The van der Waals surface area contributed by atoms with E-state index in [9.17, 15) is 13.2 Å². The highest BCUT2D eigenvalue weighted by Gasteiger charge is 2.22. The smallest absolute Gasteiger partial charge is 0.324 e. The van der Waals surface area contributed by atoms with Gasteiger partial charge in [0.15, 0.2) is 0 Å². The Kier molecular flexibility index (Phi) is 5.66. The molecule has 7 heteroatoms. The molecule has 0 fully saturated rings. The van der Waals surface area contributed by atoms with Crippen molar-refractivity contribution in [2.45, 2.75) is 25.8 Å². The van der Waals surface area contributed by atoms with Crippen LogP contribution in [0.2, 0.25) is 0 Å². The van der Waals surface area contributed by atoms with Crippen molar-refractivity contribution < 1.29 is 23.4 Å².